The topological polar surface area (TPSA) is 21.3 Å². The third kappa shape index (κ3) is 4.02. The van der Waals surface area contributed by atoms with Gasteiger partial charge in [-0.3, -0.25) is 0 Å². The lowest BCUT2D eigenvalue weighted by atomic mass is 10.0. The summed E-state index contributed by atoms with van der Waals surface area (Å²) in [4.78, 5) is 2.39. The average Bonchev–Trinajstić information content (AvgIpc) is 2.94. The minimum Gasteiger partial charge on any atom is -0.434 e. The van der Waals surface area contributed by atoms with Crippen molar-refractivity contribution in [3.63, 3.8) is 0 Å². The van der Waals surface area contributed by atoms with Crippen LogP contribution in [0.3, 0.4) is 0 Å². The largest absolute Gasteiger partial charge is 0.434 e. The Morgan fingerprint density at radius 1 is 1.14 bits per heavy atom. The summed E-state index contributed by atoms with van der Waals surface area (Å²) in [5.41, 5.74) is 0.740. The molecule has 1 N–H and O–H groups in total. The highest BCUT2D eigenvalue weighted by Gasteiger charge is 2.20. The summed E-state index contributed by atoms with van der Waals surface area (Å²) < 4.78 is 29.8. The normalized spacial score (nSPS) is 12.6. The predicted molar refractivity (Wildman–Crippen MR) is 82.3 cm³/mol. The third-order valence-electron chi connectivity index (χ3n) is 3.17. The van der Waals surface area contributed by atoms with Gasteiger partial charge in [0.1, 0.15) is 5.75 Å². The highest BCUT2D eigenvalue weighted by atomic mass is 32.1. The summed E-state index contributed by atoms with van der Waals surface area (Å²) in [6.07, 6.45) is 0.971. The van der Waals surface area contributed by atoms with E-state index in [4.69, 9.17) is 0 Å². The van der Waals surface area contributed by atoms with Gasteiger partial charge in [-0.25, -0.2) is 0 Å². The van der Waals surface area contributed by atoms with Crippen LogP contribution in [0.2, 0.25) is 0 Å². The molecule has 0 spiro atoms. The molecule has 2 aromatic rings. The molecule has 1 aromatic heterocycles. The number of rotatable bonds is 7. The van der Waals surface area contributed by atoms with Gasteiger partial charge in [-0.2, -0.15) is 8.78 Å². The lowest BCUT2D eigenvalue weighted by molar-refractivity contribution is -0.0506. The molecule has 0 aliphatic rings. The smallest absolute Gasteiger partial charge is 0.387 e. The lowest BCUT2D eigenvalue weighted by Crippen LogP contribution is -2.22. The first kappa shape index (κ1) is 15.9. The van der Waals surface area contributed by atoms with Crippen LogP contribution in [-0.4, -0.2) is 13.2 Å². The maximum Gasteiger partial charge on any atom is 0.387 e. The Bertz CT molecular complexity index is 571. The zero-order valence-corrected chi connectivity index (χ0v) is 12.9. The number of halogens is 2. The number of thiophene rings is 1. The summed E-state index contributed by atoms with van der Waals surface area (Å²) in [5, 5.41) is 3.35. The van der Waals surface area contributed by atoms with Gasteiger partial charge in [0.05, 0.1) is 6.04 Å². The van der Waals surface area contributed by atoms with Gasteiger partial charge in [0, 0.05) is 15.3 Å². The van der Waals surface area contributed by atoms with Gasteiger partial charge >= 0.3 is 6.61 Å². The predicted octanol–water partition coefficient (Wildman–Crippen LogP) is 4.61. The lowest BCUT2D eigenvalue weighted by Gasteiger charge is -2.20. The minimum absolute atomic E-state index is 0.129. The van der Waals surface area contributed by atoms with Crippen molar-refractivity contribution in [2.24, 2.45) is 0 Å². The van der Waals surface area contributed by atoms with Gasteiger partial charge in [-0.1, -0.05) is 32.0 Å². The molecule has 1 aromatic carbocycles. The molecule has 0 bridgehead atoms. The number of hydrogen-bond acceptors (Lipinski definition) is 3. The Balaban J connectivity index is 2.37. The maximum absolute atomic E-state index is 12.6. The molecule has 1 atom stereocenters. The Morgan fingerprint density at radius 2 is 1.90 bits per heavy atom. The van der Waals surface area contributed by atoms with E-state index in [2.05, 4.69) is 29.1 Å². The Hall–Kier alpha value is -1.46. The number of para-hydroxylation sites is 1. The van der Waals surface area contributed by atoms with Crippen molar-refractivity contribution < 1.29 is 13.5 Å². The quantitative estimate of drug-likeness (QED) is 0.806. The van der Waals surface area contributed by atoms with E-state index < -0.39 is 6.61 Å². The number of nitrogens with one attached hydrogen (secondary N) is 1. The Morgan fingerprint density at radius 3 is 2.52 bits per heavy atom. The third-order valence-corrected chi connectivity index (χ3v) is 4.46. The van der Waals surface area contributed by atoms with E-state index in [1.807, 2.05) is 19.1 Å². The number of benzene rings is 1. The number of hydrogen-bond donors (Lipinski definition) is 1. The van der Waals surface area contributed by atoms with Crippen molar-refractivity contribution in [3.05, 3.63) is 51.7 Å². The average molecular weight is 311 g/mol. The van der Waals surface area contributed by atoms with Crippen LogP contribution in [0.4, 0.5) is 8.78 Å². The van der Waals surface area contributed by atoms with Crippen LogP contribution < -0.4 is 10.1 Å². The van der Waals surface area contributed by atoms with E-state index in [-0.39, 0.29) is 11.8 Å². The van der Waals surface area contributed by atoms with E-state index >= 15 is 0 Å². The molecular formula is C16H19F2NOS. The zero-order chi connectivity index (χ0) is 15.2. The van der Waals surface area contributed by atoms with Crippen molar-refractivity contribution in [2.75, 3.05) is 6.54 Å². The van der Waals surface area contributed by atoms with Crippen LogP contribution >= 0.6 is 11.3 Å². The first-order valence-electron chi connectivity index (χ1n) is 7.01. The second-order valence-corrected chi connectivity index (χ2v) is 5.76. The fourth-order valence-corrected chi connectivity index (χ4v) is 3.28. The maximum atomic E-state index is 12.6. The summed E-state index contributed by atoms with van der Waals surface area (Å²) in [5.74, 6) is 0.227. The molecule has 0 radical (unpaired) electrons. The van der Waals surface area contributed by atoms with E-state index in [0.29, 0.717) is 0 Å². The van der Waals surface area contributed by atoms with E-state index in [9.17, 15) is 8.78 Å². The number of aryl methyl sites for hydroxylation is 1. The van der Waals surface area contributed by atoms with Gasteiger partial charge in [-0.15, -0.1) is 11.3 Å². The van der Waals surface area contributed by atoms with Crippen molar-refractivity contribution in [1.29, 1.82) is 0 Å². The summed E-state index contributed by atoms with van der Waals surface area (Å²) in [7, 11) is 0. The molecule has 114 valence electrons. The van der Waals surface area contributed by atoms with Gasteiger partial charge in [0.25, 0.3) is 0 Å². The van der Waals surface area contributed by atoms with E-state index in [1.54, 1.807) is 23.5 Å². The molecular weight excluding hydrogens is 292 g/mol. The molecule has 0 saturated heterocycles. The molecule has 2 nitrogen and oxygen atoms in total. The van der Waals surface area contributed by atoms with Gasteiger partial charge < -0.3 is 10.1 Å². The van der Waals surface area contributed by atoms with Gasteiger partial charge in [0.15, 0.2) is 0 Å². The van der Waals surface area contributed by atoms with Crippen LogP contribution in [-0.2, 0) is 6.42 Å². The molecule has 0 fully saturated rings. The highest BCUT2D eigenvalue weighted by Crippen LogP contribution is 2.34. The Kier molecular flexibility index (Phi) is 5.70. The second-order valence-electron chi connectivity index (χ2n) is 4.56. The van der Waals surface area contributed by atoms with Crippen LogP contribution in [0, 0.1) is 0 Å². The Labute approximate surface area is 127 Å². The SMILES string of the molecule is CCNC(c1ccc(CC)s1)c1ccccc1OC(F)F. The highest BCUT2D eigenvalue weighted by molar-refractivity contribution is 7.12. The minimum atomic E-state index is -2.82. The molecule has 0 aliphatic heterocycles. The van der Waals surface area contributed by atoms with Crippen molar-refractivity contribution in [1.82, 2.24) is 5.32 Å². The van der Waals surface area contributed by atoms with E-state index in [0.717, 1.165) is 23.4 Å². The number of ether oxygens (including phenoxy) is 1. The molecule has 0 aliphatic carbocycles. The molecule has 0 saturated carbocycles. The zero-order valence-electron chi connectivity index (χ0n) is 12.1. The van der Waals surface area contributed by atoms with Gasteiger partial charge in [-0.05, 0) is 31.2 Å². The monoisotopic (exact) mass is 311 g/mol. The molecule has 1 unspecified atom stereocenters. The number of alkyl halides is 2. The van der Waals surface area contributed by atoms with E-state index in [1.165, 1.54) is 4.88 Å². The van der Waals surface area contributed by atoms with Crippen LogP contribution in [0.1, 0.15) is 35.2 Å². The molecule has 1 heterocycles. The van der Waals surface area contributed by atoms with Crippen LogP contribution in [0.25, 0.3) is 0 Å². The first-order chi connectivity index (χ1) is 10.2. The molecule has 0 amide bonds. The van der Waals surface area contributed by atoms with Crippen LogP contribution in [0.5, 0.6) is 5.75 Å². The fraction of sp³-hybridized carbons (Fsp3) is 0.375. The molecule has 21 heavy (non-hydrogen) atoms. The summed E-state index contributed by atoms with van der Waals surface area (Å²) >= 11 is 1.70. The summed E-state index contributed by atoms with van der Waals surface area (Å²) in [6.45, 7) is 2.03. The van der Waals surface area contributed by atoms with Gasteiger partial charge in [0.2, 0.25) is 0 Å². The molecule has 5 heteroatoms. The molecule has 2 rings (SSSR count). The fourth-order valence-electron chi connectivity index (χ4n) is 2.23. The standard InChI is InChI=1S/C16H19F2NOS/c1-3-11-9-10-14(21-11)15(19-4-2)12-7-5-6-8-13(12)20-16(17)18/h5-10,15-16,19H,3-4H2,1-2H3. The second kappa shape index (κ2) is 7.52. The van der Waals surface area contributed by atoms with Crippen LogP contribution in [0.15, 0.2) is 36.4 Å². The first-order valence-corrected chi connectivity index (χ1v) is 7.83. The van der Waals surface area contributed by atoms with Crippen molar-refractivity contribution in [2.45, 2.75) is 32.9 Å². The van der Waals surface area contributed by atoms with Crippen molar-refractivity contribution >= 4 is 11.3 Å². The summed E-state index contributed by atoms with van der Waals surface area (Å²) in [6, 6.07) is 11.0. The van der Waals surface area contributed by atoms with Crippen molar-refractivity contribution in [3.8, 4) is 5.75 Å².